The maximum atomic E-state index is 14.1. The van der Waals surface area contributed by atoms with Crippen molar-refractivity contribution < 1.29 is 32.5 Å². The van der Waals surface area contributed by atoms with E-state index in [4.69, 9.17) is 30.8 Å². The summed E-state index contributed by atoms with van der Waals surface area (Å²) in [6.07, 6.45) is 1.58. The topological polar surface area (TPSA) is 88.4 Å². The van der Waals surface area contributed by atoms with Crippen LogP contribution in [0.15, 0.2) is 82.1 Å². The monoisotopic (exact) mass is 626 g/mol. The summed E-state index contributed by atoms with van der Waals surface area (Å²) in [5, 5.41) is 0.373. The molecule has 0 N–H and O–H groups in total. The molecule has 0 fully saturated rings. The van der Waals surface area contributed by atoms with E-state index in [9.17, 15) is 18.4 Å². The zero-order valence-electron chi connectivity index (χ0n) is 23.2. The summed E-state index contributed by atoms with van der Waals surface area (Å²) in [7, 11) is 2.81. The molecule has 0 radical (unpaired) electrons. The number of nitrogens with zero attached hydrogens (tertiary/aromatic N) is 2. The maximum absolute atomic E-state index is 14.1. The average Bonchev–Trinajstić information content (AvgIpc) is 3.31. The van der Waals surface area contributed by atoms with Gasteiger partial charge in [0.1, 0.15) is 11.8 Å². The lowest BCUT2D eigenvalue weighted by atomic mass is 9.92. The van der Waals surface area contributed by atoms with Crippen molar-refractivity contribution in [3.05, 3.63) is 114 Å². The lowest BCUT2D eigenvalue weighted by Gasteiger charge is -2.27. The summed E-state index contributed by atoms with van der Waals surface area (Å²) in [6, 6.07) is 17.4. The van der Waals surface area contributed by atoms with Crippen LogP contribution >= 0.6 is 22.9 Å². The second-order valence-corrected chi connectivity index (χ2v) is 10.6. The normalized spacial score (nSPS) is 14.8. The van der Waals surface area contributed by atoms with Gasteiger partial charge in [0, 0.05) is 16.1 Å². The number of alkyl halides is 2. The average molecular weight is 627 g/mol. The Morgan fingerprint density at radius 1 is 1.05 bits per heavy atom. The molecule has 43 heavy (non-hydrogen) atoms. The summed E-state index contributed by atoms with van der Waals surface area (Å²) >= 11 is 7.52. The highest BCUT2D eigenvalue weighted by Gasteiger charge is 2.37. The maximum Gasteiger partial charge on any atom is 0.387 e. The fraction of sp³-hybridized carbons (Fsp3) is 0.194. The van der Waals surface area contributed by atoms with Gasteiger partial charge in [-0.25, -0.2) is 9.79 Å². The molecule has 12 heteroatoms. The van der Waals surface area contributed by atoms with Crippen molar-refractivity contribution in [3.63, 3.8) is 0 Å². The Kier molecular flexibility index (Phi) is 8.93. The molecule has 3 aromatic carbocycles. The molecule has 0 amide bonds. The fourth-order valence-corrected chi connectivity index (χ4v) is 5.95. The van der Waals surface area contributed by atoms with E-state index in [1.807, 2.05) is 30.3 Å². The van der Waals surface area contributed by atoms with E-state index in [0.29, 0.717) is 38.0 Å². The first-order valence-electron chi connectivity index (χ1n) is 13.0. The predicted molar refractivity (Wildman–Crippen MR) is 159 cm³/mol. The first-order valence-corrected chi connectivity index (χ1v) is 14.2. The molecule has 0 spiro atoms. The van der Waals surface area contributed by atoms with Gasteiger partial charge in [0.2, 0.25) is 0 Å². The van der Waals surface area contributed by atoms with E-state index < -0.39 is 24.2 Å². The number of hydrogen-bond donors (Lipinski definition) is 0. The molecule has 8 nitrogen and oxygen atoms in total. The summed E-state index contributed by atoms with van der Waals surface area (Å²) < 4.78 is 48.2. The third kappa shape index (κ3) is 6.04. The number of rotatable bonds is 9. The standard InChI is InChI=1S/C31H25ClF2N2O6S/c1-4-41-29(38)25-26(18-8-6-5-7-9-18)35-31-36(27(25)20-16-19(32)11-13-21(20)39-2)28(37)24(43-31)15-17-10-12-22(42-30(33)34)23(14-17)40-3/h5-16,27,30H,4H2,1-3H3/b24-15-/t27-/m0/s1. The second kappa shape index (κ2) is 12.8. The van der Waals surface area contributed by atoms with Gasteiger partial charge in [-0.3, -0.25) is 9.36 Å². The van der Waals surface area contributed by atoms with Crippen LogP contribution in [0.3, 0.4) is 0 Å². The van der Waals surface area contributed by atoms with Gasteiger partial charge in [-0.2, -0.15) is 8.78 Å². The van der Waals surface area contributed by atoms with Crippen LogP contribution in [0.2, 0.25) is 5.02 Å². The van der Waals surface area contributed by atoms with Gasteiger partial charge in [-0.05, 0) is 48.9 Å². The minimum Gasteiger partial charge on any atom is -0.496 e. The van der Waals surface area contributed by atoms with E-state index in [-0.39, 0.29) is 28.2 Å². The number of methoxy groups -OCH3 is 2. The molecule has 1 atom stereocenters. The van der Waals surface area contributed by atoms with Crippen molar-refractivity contribution in [1.82, 2.24) is 4.57 Å². The number of halogens is 3. The Morgan fingerprint density at radius 2 is 1.77 bits per heavy atom. The Balaban J connectivity index is 1.80. The zero-order valence-corrected chi connectivity index (χ0v) is 24.7. The fourth-order valence-electron chi connectivity index (χ4n) is 4.77. The molecular weight excluding hydrogens is 602 g/mol. The van der Waals surface area contributed by atoms with Gasteiger partial charge < -0.3 is 18.9 Å². The Labute approximate surface area is 253 Å². The van der Waals surface area contributed by atoms with Crippen LogP contribution in [-0.2, 0) is 9.53 Å². The highest BCUT2D eigenvalue weighted by atomic mass is 35.5. The number of esters is 1. The van der Waals surface area contributed by atoms with Gasteiger partial charge in [0.15, 0.2) is 16.3 Å². The molecule has 5 rings (SSSR count). The minimum absolute atomic E-state index is 0.0688. The highest BCUT2D eigenvalue weighted by Crippen LogP contribution is 2.40. The first-order chi connectivity index (χ1) is 20.7. The van der Waals surface area contributed by atoms with E-state index in [2.05, 4.69) is 4.74 Å². The van der Waals surface area contributed by atoms with Crippen molar-refractivity contribution in [3.8, 4) is 17.2 Å². The first kappa shape index (κ1) is 30.0. The van der Waals surface area contributed by atoms with Gasteiger partial charge >= 0.3 is 12.6 Å². The van der Waals surface area contributed by atoms with Gasteiger partial charge in [0.05, 0.1) is 36.6 Å². The molecule has 0 saturated heterocycles. The number of thiazole rings is 1. The van der Waals surface area contributed by atoms with Crippen molar-refractivity contribution in [1.29, 1.82) is 0 Å². The highest BCUT2D eigenvalue weighted by molar-refractivity contribution is 7.07. The van der Waals surface area contributed by atoms with Gasteiger partial charge in [-0.1, -0.05) is 59.3 Å². The largest absolute Gasteiger partial charge is 0.496 e. The lowest BCUT2D eigenvalue weighted by molar-refractivity contribution is -0.138. The SMILES string of the molecule is CCOC(=O)C1=C(c2ccccc2)N=c2s/c(=C\c3ccc(OC(F)F)c(OC)c3)c(=O)n2[C@H]1c1cc(Cl)ccc1OC. The van der Waals surface area contributed by atoms with E-state index >= 15 is 0 Å². The van der Waals surface area contributed by atoms with Crippen LogP contribution < -0.4 is 29.1 Å². The summed E-state index contributed by atoms with van der Waals surface area (Å²) in [6.45, 7) is -1.24. The predicted octanol–water partition coefficient (Wildman–Crippen LogP) is 5.21. The lowest BCUT2D eigenvalue weighted by Crippen LogP contribution is -2.40. The van der Waals surface area contributed by atoms with Gasteiger partial charge in [-0.15, -0.1) is 0 Å². The van der Waals surface area contributed by atoms with Crippen LogP contribution in [0.5, 0.6) is 17.2 Å². The molecule has 222 valence electrons. The molecule has 4 aromatic rings. The molecule has 1 aromatic heterocycles. The van der Waals surface area contributed by atoms with Crippen molar-refractivity contribution in [2.45, 2.75) is 19.6 Å². The molecule has 2 heterocycles. The molecule has 0 unspecified atom stereocenters. The second-order valence-electron chi connectivity index (χ2n) is 9.11. The Hall–Kier alpha value is -4.48. The number of carbonyl (C=O) groups excluding carboxylic acids is 1. The van der Waals surface area contributed by atoms with Crippen LogP contribution in [-0.4, -0.2) is 38.0 Å². The number of benzene rings is 3. The van der Waals surface area contributed by atoms with E-state index in [1.54, 1.807) is 31.2 Å². The van der Waals surface area contributed by atoms with Crippen molar-refractivity contribution >= 4 is 40.7 Å². The molecule has 0 aliphatic carbocycles. The third-order valence-corrected chi connectivity index (χ3v) is 7.78. The van der Waals surface area contributed by atoms with Crippen molar-refractivity contribution in [2.75, 3.05) is 20.8 Å². The van der Waals surface area contributed by atoms with E-state index in [1.165, 1.54) is 37.0 Å². The van der Waals surface area contributed by atoms with Crippen LogP contribution in [0.1, 0.15) is 29.7 Å². The molecule has 1 aliphatic rings. The molecule has 0 bridgehead atoms. The summed E-state index contributed by atoms with van der Waals surface area (Å²) in [5.74, 6) is -0.319. The van der Waals surface area contributed by atoms with Crippen LogP contribution in [0.25, 0.3) is 11.8 Å². The molecular formula is C31H25ClF2N2O6S. The summed E-state index contributed by atoms with van der Waals surface area (Å²) in [5.41, 5.74) is 1.64. The zero-order chi connectivity index (χ0) is 30.7. The Morgan fingerprint density at radius 3 is 2.44 bits per heavy atom. The third-order valence-electron chi connectivity index (χ3n) is 6.56. The number of hydrogen-bond acceptors (Lipinski definition) is 8. The van der Waals surface area contributed by atoms with Crippen LogP contribution in [0.4, 0.5) is 8.78 Å². The van der Waals surface area contributed by atoms with Crippen LogP contribution in [0, 0.1) is 0 Å². The Bertz CT molecular complexity index is 1890. The molecule has 0 saturated carbocycles. The molecule has 1 aliphatic heterocycles. The number of aromatic nitrogens is 1. The van der Waals surface area contributed by atoms with Crippen molar-refractivity contribution in [2.24, 2.45) is 4.99 Å². The summed E-state index contributed by atoms with van der Waals surface area (Å²) in [4.78, 5) is 32.9. The smallest absolute Gasteiger partial charge is 0.387 e. The van der Waals surface area contributed by atoms with E-state index in [0.717, 1.165) is 11.3 Å². The number of carbonyl (C=O) groups is 1. The number of fused-ring (bicyclic) bond motifs is 1. The van der Waals surface area contributed by atoms with Gasteiger partial charge in [0.25, 0.3) is 5.56 Å². The minimum atomic E-state index is -3.03. The number of ether oxygens (including phenoxy) is 4. The quantitative estimate of drug-likeness (QED) is 0.237.